The van der Waals surface area contributed by atoms with E-state index in [0.717, 1.165) is 27.7 Å². The number of carbonyl (C=O) groups is 2. The van der Waals surface area contributed by atoms with Crippen LogP contribution in [0.1, 0.15) is 35.9 Å². The number of hydrogen-bond donors (Lipinski definition) is 2. The van der Waals surface area contributed by atoms with E-state index in [1.165, 1.54) is 11.8 Å². The molecule has 1 aromatic heterocycles. The highest BCUT2D eigenvalue weighted by molar-refractivity contribution is 7.98. The van der Waals surface area contributed by atoms with Gasteiger partial charge in [0, 0.05) is 23.5 Å². The van der Waals surface area contributed by atoms with Crippen molar-refractivity contribution in [2.45, 2.75) is 45.2 Å². The molecule has 0 aliphatic rings. The summed E-state index contributed by atoms with van der Waals surface area (Å²) in [6.07, 6.45) is 3.34. The average molecular weight is 388 g/mol. The number of thioether (sulfide) groups is 1. The molecule has 1 amide bonds. The van der Waals surface area contributed by atoms with Crippen LogP contribution in [0.25, 0.3) is 0 Å². The van der Waals surface area contributed by atoms with Gasteiger partial charge in [-0.05, 0) is 56.2 Å². The summed E-state index contributed by atoms with van der Waals surface area (Å²) in [5.74, 6) is -1.32. The summed E-state index contributed by atoms with van der Waals surface area (Å²) in [6, 6.07) is 7.29. The Kier molecular flexibility index (Phi) is 7.36. The first-order valence-electron chi connectivity index (χ1n) is 8.79. The molecule has 1 unspecified atom stereocenters. The molecule has 2 rings (SSSR count). The van der Waals surface area contributed by atoms with Crippen molar-refractivity contribution in [2.75, 3.05) is 11.6 Å². The summed E-state index contributed by atoms with van der Waals surface area (Å²) in [5, 5.41) is 12.6. The number of anilines is 1. The number of carboxylic acid groups (broad SMARTS) is 1. The molecule has 27 heavy (non-hydrogen) atoms. The number of rotatable bonds is 8. The van der Waals surface area contributed by atoms with Gasteiger partial charge in [0.2, 0.25) is 5.91 Å². The monoisotopic (exact) mass is 387 g/mol. The molecule has 1 heterocycles. The van der Waals surface area contributed by atoms with Crippen LogP contribution in [0.2, 0.25) is 0 Å². The van der Waals surface area contributed by atoms with Gasteiger partial charge in [-0.15, -0.1) is 0 Å². The summed E-state index contributed by atoms with van der Waals surface area (Å²) in [6.45, 7) is 5.56. The normalized spacial score (nSPS) is 11.9. The Labute approximate surface area is 163 Å². The molecule has 0 aliphatic heterocycles. The smallest absolute Gasteiger partial charge is 0.306 e. The van der Waals surface area contributed by atoms with Crippen LogP contribution in [-0.2, 0) is 22.4 Å². The zero-order chi connectivity index (χ0) is 20.0. The lowest BCUT2D eigenvalue weighted by molar-refractivity contribution is -0.141. The Morgan fingerprint density at radius 3 is 2.26 bits per heavy atom. The maximum absolute atomic E-state index is 12.2. The van der Waals surface area contributed by atoms with Gasteiger partial charge in [-0.2, -0.15) is 0 Å². The van der Waals surface area contributed by atoms with Crippen molar-refractivity contribution in [2.24, 2.45) is 5.92 Å². The van der Waals surface area contributed by atoms with Crippen LogP contribution in [0.3, 0.4) is 0 Å². The minimum atomic E-state index is -0.812. The Bertz CT molecular complexity index is 799. The highest BCUT2D eigenvalue weighted by Gasteiger charge is 2.13. The zero-order valence-electron chi connectivity index (χ0n) is 16.1. The number of aliphatic carboxylic acids is 1. The number of nitrogens with one attached hydrogen (secondary N) is 1. The average Bonchev–Trinajstić information content (AvgIpc) is 2.62. The lowest BCUT2D eigenvalue weighted by Crippen LogP contribution is -2.14. The summed E-state index contributed by atoms with van der Waals surface area (Å²) in [4.78, 5) is 32.0. The van der Waals surface area contributed by atoms with Crippen molar-refractivity contribution in [3.63, 3.8) is 0 Å². The second kappa shape index (κ2) is 9.50. The van der Waals surface area contributed by atoms with Crippen molar-refractivity contribution >= 4 is 29.3 Å². The van der Waals surface area contributed by atoms with E-state index < -0.39 is 11.9 Å². The van der Waals surface area contributed by atoms with Crippen molar-refractivity contribution < 1.29 is 14.7 Å². The van der Waals surface area contributed by atoms with E-state index in [-0.39, 0.29) is 5.91 Å². The highest BCUT2D eigenvalue weighted by atomic mass is 32.2. The van der Waals surface area contributed by atoms with E-state index in [9.17, 15) is 9.59 Å². The standard InChI is InChI=1S/C20H25N3O3S/c1-12(19(25)26)11-15-5-7-16(8-6-15)23-18(24)10-9-17-13(2)21-20(27-4)22-14(17)3/h5-8,12H,9-11H2,1-4H3,(H,23,24)(H,25,26). The fraction of sp³-hybridized carbons (Fsp3) is 0.400. The third-order valence-electron chi connectivity index (χ3n) is 4.39. The van der Waals surface area contributed by atoms with Crippen molar-refractivity contribution in [3.8, 4) is 0 Å². The fourth-order valence-corrected chi connectivity index (χ4v) is 3.25. The van der Waals surface area contributed by atoms with Gasteiger partial charge in [-0.25, -0.2) is 9.97 Å². The first kappa shape index (κ1) is 20.9. The summed E-state index contributed by atoms with van der Waals surface area (Å²) >= 11 is 1.50. The number of aromatic nitrogens is 2. The van der Waals surface area contributed by atoms with Gasteiger partial charge in [0.05, 0.1) is 5.92 Å². The number of carbonyl (C=O) groups excluding carboxylic acids is 1. The molecule has 1 aromatic carbocycles. The molecule has 0 aliphatic carbocycles. The summed E-state index contributed by atoms with van der Waals surface area (Å²) in [5.41, 5.74) is 4.48. The van der Waals surface area contributed by atoms with Crippen molar-refractivity contribution in [1.82, 2.24) is 9.97 Å². The van der Waals surface area contributed by atoms with E-state index in [0.29, 0.717) is 24.9 Å². The Morgan fingerprint density at radius 2 is 1.74 bits per heavy atom. The molecule has 0 radical (unpaired) electrons. The third-order valence-corrected chi connectivity index (χ3v) is 4.93. The van der Waals surface area contributed by atoms with E-state index in [1.54, 1.807) is 19.1 Å². The molecule has 0 saturated carbocycles. The molecule has 144 valence electrons. The van der Waals surface area contributed by atoms with E-state index in [2.05, 4.69) is 15.3 Å². The van der Waals surface area contributed by atoms with Gasteiger partial charge in [0.1, 0.15) is 0 Å². The van der Waals surface area contributed by atoms with E-state index in [4.69, 9.17) is 5.11 Å². The number of amides is 1. The lowest BCUT2D eigenvalue weighted by atomic mass is 10.0. The van der Waals surface area contributed by atoms with Crippen molar-refractivity contribution in [1.29, 1.82) is 0 Å². The number of aryl methyl sites for hydroxylation is 2. The minimum Gasteiger partial charge on any atom is -0.481 e. The molecular weight excluding hydrogens is 362 g/mol. The lowest BCUT2D eigenvalue weighted by Gasteiger charge is -2.11. The third kappa shape index (κ3) is 6.06. The molecule has 0 saturated heterocycles. The van der Waals surface area contributed by atoms with Crippen LogP contribution in [-0.4, -0.2) is 33.2 Å². The molecular formula is C20H25N3O3S. The van der Waals surface area contributed by atoms with Gasteiger partial charge in [-0.3, -0.25) is 9.59 Å². The molecule has 2 aromatic rings. The van der Waals surface area contributed by atoms with Gasteiger partial charge in [0.25, 0.3) is 0 Å². The van der Waals surface area contributed by atoms with Gasteiger partial charge in [-0.1, -0.05) is 30.8 Å². The topological polar surface area (TPSA) is 92.2 Å². The maximum atomic E-state index is 12.2. The second-order valence-corrected chi connectivity index (χ2v) is 7.32. The van der Waals surface area contributed by atoms with Crippen LogP contribution in [0.15, 0.2) is 29.4 Å². The van der Waals surface area contributed by atoms with Crippen LogP contribution in [0.4, 0.5) is 5.69 Å². The maximum Gasteiger partial charge on any atom is 0.306 e. The molecule has 0 bridgehead atoms. The zero-order valence-corrected chi connectivity index (χ0v) is 16.9. The molecule has 0 fully saturated rings. The molecule has 7 heteroatoms. The number of nitrogens with zero attached hydrogens (tertiary/aromatic N) is 2. The van der Waals surface area contributed by atoms with Gasteiger partial charge in [0.15, 0.2) is 5.16 Å². The van der Waals surface area contributed by atoms with E-state index >= 15 is 0 Å². The van der Waals surface area contributed by atoms with Crippen LogP contribution >= 0.6 is 11.8 Å². The summed E-state index contributed by atoms with van der Waals surface area (Å²) < 4.78 is 0. The van der Waals surface area contributed by atoms with E-state index in [1.807, 2.05) is 32.2 Å². The quantitative estimate of drug-likeness (QED) is 0.531. The SMILES string of the molecule is CSc1nc(C)c(CCC(=O)Nc2ccc(CC(C)C(=O)O)cc2)c(C)n1. The Morgan fingerprint density at radius 1 is 1.15 bits per heavy atom. The largest absolute Gasteiger partial charge is 0.481 e. The Hall–Kier alpha value is -2.41. The van der Waals surface area contributed by atoms with Gasteiger partial charge < -0.3 is 10.4 Å². The number of benzene rings is 1. The molecule has 6 nitrogen and oxygen atoms in total. The first-order chi connectivity index (χ1) is 12.8. The minimum absolute atomic E-state index is 0.0746. The molecule has 0 spiro atoms. The first-order valence-corrected chi connectivity index (χ1v) is 10.0. The molecule has 1 atom stereocenters. The predicted octanol–water partition coefficient (Wildman–Crippen LogP) is 3.65. The van der Waals surface area contributed by atoms with Crippen LogP contribution < -0.4 is 5.32 Å². The van der Waals surface area contributed by atoms with Crippen LogP contribution in [0, 0.1) is 19.8 Å². The van der Waals surface area contributed by atoms with Crippen molar-refractivity contribution in [3.05, 3.63) is 46.8 Å². The van der Waals surface area contributed by atoms with Crippen LogP contribution in [0.5, 0.6) is 0 Å². The molecule has 2 N–H and O–H groups in total. The fourth-order valence-electron chi connectivity index (χ4n) is 2.79. The second-order valence-electron chi connectivity index (χ2n) is 6.55. The summed E-state index contributed by atoms with van der Waals surface area (Å²) in [7, 11) is 0. The number of hydrogen-bond acceptors (Lipinski definition) is 5. The Balaban J connectivity index is 1.92. The van der Waals surface area contributed by atoms with Gasteiger partial charge >= 0.3 is 5.97 Å². The predicted molar refractivity (Wildman–Crippen MR) is 107 cm³/mol. The number of carboxylic acids is 1. The highest BCUT2D eigenvalue weighted by Crippen LogP contribution is 2.18.